The first-order valence-electron chi connectivity index (χ1n) is 5.99. The van der Waals surface area contributed by atoms with Crippen molar-refractivity contribution in [2.24, 2.45) is 0 Å². The van der Waals surface area contributed by atoms with Gasteiger partial charge in [0.25, 0.3) is 0 Å². The molecule has 0 amide bonds. The lowest BCUT2D eigenvalue weighted by molar-refractivity contribution is 0.411. The normalized spacial score (nSPS) is 9.95. The van der Waals surface area contributed by atoms with E-state index in [-0.39, 0.29) is 0 Å². The van der Waals surface area contributed by atoms with Gasteiger partial charge in [-0.05, 0) is 37.3 Å². The lowest BCUT2D eigenvalue weighted by Crippen LogP contribution is -1.91. The van der Waals surface area contributed by atoms with Gasteiger partial charge in [0.1, 0.15) is 5.75 Å². The maximum atomic E-state index is 8.94. The van der Waals surface area contributed by atoms with Gasteiger partial charge in [0, 0.05) is 16.2 Å². The molecule has 0 bridgehead atoms. The lowest BCUT2D eigenvalue weighted by atomic mass is 10.1. The third-order valence-corrected chi connectivity index (χ3v) is 3.89. The van der Waals surface area contributed by atoms with Crippen molar-refractivity contribution in [2.75, 3.05) is 7.11 Å². The largest absolute Gasteiger partial charge is 0.496 e. The Kier molecular flexibility index (Phi) is 4.48. The van der Waals surface area contributed by atoms with E-state index in [1.165, 1.54) is 10.5 Å². The fraction of sp³-hybridized carbons (Fsp3) is 0.188. The number of methoxy groups -OCH3 is 1. The fourth-order valence-corrected chi connectivity index (χ4v) is 2.63. The Morgan fingerprint density at radius 3 is 2.53 bits per heavy atom. The summed E-state index contributed by atoms with van der Waals surface area (Å²) in [5.41, 5.74) is 2.97. The number of nitrogens with zero attached hydrogens (tertiary/aromatic N) is 1. The third-order valence-electron chi connectivity index (χ3n) is 2.82. The average molecular weight is 269 g/mol. The van der Waals surface area contributed by atoms with Gasteiger partial charge in [0.05, 0.1) is 18.7 Å². The molecule has 0 aromatic heterocycles. The molecule has 96 valence electrons. The van der Waals surface area contributed by atoms with Crippen molar-refractivity contribution in [1.82, 2.24) is 0 Å². The molecule has 0 saturated carbocycles. The van der Waals surface area contributed by atoms with E-state index in [0.29, 0.717) is 5.56 Å². The first kappa shape index (κ1) is 13.5. The average Bonchev–Trinajstić information content (AvgIpc) is 2.46. The summed E-state index contributed by atoms with van der Waals surface area (Å²) in [6.07, 6.45) is 0. The fourth-order valence-electron chi connectivity index (χ4n) is 1.76. The second kappa shape index (κ2) is 6.31. The number of hydrogen-bond acceptors (Lipinski definition) is 3. The van der Waals surface area contributed by atoms with Crippen LogP contribution in [0.1, 0.15) is 16.7 Å². The van der Waals surface area contributed by atoms with E-state index in [0.717, 1.165) is 17.1 Å². The van der Waals surface area contributed by atoms with Gasteiger partial charge in [-0.15, -0.1) is 11.8 Å². The van der Waals surface area contributed by atoms with Crippen molar-refractivity contribution in [2.45, 2.75) is 17.6 Å². The maximum Gasteiger partial charge on any atom is 0.122 e. The van der Waals surface area contributed by atoms with Crippen LogP contribution in [0.3, 0.4) is 0 Å². The molecule has 19 heavy (non-hydrogen) atoms. The Morgan fingerprint density at radius 2 is 1.89 bits per heavy atom. The van der Waals surface area contributed by atoms with Gasteiger partial charge < -0.3 is 4.74 Å². The summed E-state index contributed by atoms with van der Waals surface area (Å²) in [5, 5.41) is 8.94. The zero-order valence-corrected chi connectivity index (χ0v) is 11.8. The standard InChI is InChI=1S/C16H15NOS/c1-12-3-6-15(7-4-12)19-11-14-9-13(10-17)5-8-16(14)18-2/h3-9H,11H2,1-2H3. The predicted molar refractivity (Wildman–Crippen MR) is 78.4 cm³/mol. The van der Waals surface area contributed by atoms with E-state index in [2.05, 4.69) is 37.3 Å². The summed E-state index contributed by atoms with van der Waals surface area (Å²) in [5.74, 6) is 1.63. The molecule has 2 rings (SSSR count). The number of ether oxygens (including phenoxy) is 1. The van der Waals surface area contributed by atoms with Gasteiger partial charge in [-0.25, -0.2) is 0 Å². The van der Waals surface area contributed by atoms with Gasteiger partial charge in [-0.2, -0.15) is 5.26 Å². The van der Waals surface area contributed by atoms with Crippen LogP contribution in [0.2, 0.25) is 0 Å². The van der Waals surface area contributed by atoms with Crippen molar-refractivity contribution in [1.29, 1.82) is 5.26 Å². The summed E-state index contributed by atoms with van der Waals surface area (Å²) in [4.78, 5) is 1.22. The van der Waals surface area contributed by atoms with Crippen molar-refractivity contribution in [3.63, 3.8) is 0 Å². The molecule has 0 fully saturated rings. The number of nitriles is 1. The van der Waals surface area contributed by atoms with Crippen molar-refractivity contribution >= 4 is 11.8 Å². The quantitative estimate of drug-likeness (QED) is 0.781. The molecule has 0 spiro atoms. The predicted octanol–water partition coefficient (Wildman–Crippen LogP) is 4.17. The van der Waals surface area contributed by atoms with Crippen molar-refractivity contribution < 1.29 is 4.74 Å². The molecule has 2 aromatic carbocycles. The van der Waals surface area contributed by atoms with Crippen LogP contribution in [0.4, 0.5) is 0 Å². The minimum Gasteiger partial charge on any atom is -0.496 e. The molecule has 2 nitrogen and oxygen atoms in total. The Hall–Kier alpha value is -1.92. The Morgan fingerprint density at radius 1 is 1.16 bits per heavy atom. The second-order valence-electron chi connectivity index (χ2n) is 4.24. The van der Waals surface area contributed by atoms with Gasteiger partial charge in [0.15, 0.2) is 0 Å². The van der Waals surface area contributed by atoms with Crippen LogP contribution >= 0.6 is 11.8 Å². The summed E-state index contributed by atoms with van der Waals surface area (Å²) >= 11 is 1.74. The smallest absolute Gasteiger partial charge is 0.122 e. The minimum absolute atomic E-state index is 0.667. The van der Waals surface area contributed by atoms with Crippen LogP contribution in [0.5, 0.6) is 5.75 Å². The highest BCUT2D eigenvalue weighted by Crippen LogP contribution is 2.28. The highest BCUT2D eigenvalue weighted by molar-refractivity contribution is 7.98. The summed E-state index contributed by atoms with van der Waals surface area (Å²) in [6, 6.07) is 16.1. The van der Waals surface area contributed by atoms with E-state index >= 15 is 0 Å². The molecule has 0 radical (unpaired) electrons. The highest BCUT2D eigenvalue weighted by Gasteiger charge is 2.05. The first-order chi connectivity index (χ1) is 9.22. The molecule has 0 unspecified atom stereocenters. The van der Waals surface area contributed by atoms with Crippen LogP contribution < -0.4 is 4.74 Å². The van der Waals surface area contributed by atoms with Gasteiger partial charge >= 0.3 is 0 Å². The van der Waals surface area contributed by atoms with E-state index in [9.17, 15) is 0 Å². The number of benzene rings is 2. The molecule has 0 saturated heterocycles. The van der Waals surface area contributed by atoms with Crippen LogP contribution in [0.15, 0.2) is 47.4 Å². The second-order valence-corrected chi connectivity index (χ2v) is 5.29. The van der Waals surface area contributed by atoms with Crippen LogP contribution in [0, 0.1) is 18.3 Å². The molecule has 0 aliphatic carbocycles. The SMILES string of the molecule is COc1ccc(C#N)cc1CSc1ccc(C)cc1. The molecule has 2 aromatic rings. The molecule has 0 aliphatic rings. The first-order valence-corrected chi connectivity index (χ1v) is 6.98. The number of hydrogen-bond donors (Lipinski definition) is 0. The van der Waals surface area contributed by atoms with Crippen molar-refractivity contribution in [3.8, 4) is 11.8 Å². The Labute approximate surface area is 118 Å². The van der Waals surface area contributed by atoms with Crippen LogP contribution in [-0.2, 0) is 5.75 Å². The summed E-state index contributed by atoms with van der Waals surface area (Å²) < 4.78 is 5.33. The molecular formula is C16H15NOS. The third kappa shape index (κ3) is 3.52. The van der Waals surface area contributed by atoms with E-state index < -0.39 is 0 Å². The van der Waals surface area contributed by atoms with Gasteiger partial charge in [-0.3, -0.25) is 0 Å². The van der Waals surface area contributed by atoms with E-state index in [1.54, 1.807) is 24.9 Å². The monoisotopic (exact) mass is 269 g/mol. The Balaban J connectivity index is 2.14. The zero-order valence-electron chi connectivity index (χ0n) is 11.0. The number of rotatable bonds is 4. The molecule has 3 heteroatoms. The van der Waals surface area contributed by atoms with Crippen LogP contribution in [-0.4, -0.2) is 7.11 Å². The topological polar surface area (TPSA) is 33.0 Å². The van der Waals surface area contributed by atoms with Gasteiger partial charge in [0.2, 0.25) is 0 Å². The number of thioether (sulfide) groups is 1. The van der Waals surface area contributed by atoms with E-state index in [1.807, 2.05) is 12.1 Å². The highest BCUT2D eigenvalue weighted by atomic mass is 32.2. The maximum absolute atomic E-state index is 8.94. The minimum atomic E-state index is 0.667. The van der Waals surface area contributed by atoms with Crippen LogP contribution in [0.25, 0.3) is 0 Å². The zero-order chi connectivity index (χ0) is 13.7. The molecule has 0 N–H and O–H groups in total. The lowest BCUT2D eigenvalue weighted by Gasteiger charge is -2.08. The molecule has 0 aliphatic heterocycles. The molecule has 0 heterocycles. The molecule has 0 atom stereocenters. The summed E-state index contributed by atoms with van der Waals surface area (Å²) in [6.45, 7) is 2.08. The Bertz CT molecular complexity index is 599. The number of aryl methyl sites for hydroxylation is 1. The van der Waals surface area contributed by atoms with E-state index in [4.69, 9.17) is 10.00 Å². The van der Waals surface area contributed by atoms with Gasteiger partial charge in [-0.1, -0.05) is 17.7 Å². The van der Waals surface area contributed by atoms with Crippen molar-refractivity contribution in [3.05, 3.63) is 59.2 Å². The summed E-state index contributed by atoms with van der Waals surface area (Å²) in [7, 11) is 1.65. The molecular weight excluding hydrogens is 254 g/mol.